The molecule has 0 aliphatic carbocycles. The van der Waals surface area contributed by atoms with Crippen LogP contribution in [0.3, 0.4) is 0 Å². The first-order chi connectivity index (χ1) is 9.78. The lowest BCUT2D eigenvalue weighted by atomic mass is 9.97. The molecule has 0 saturated carbocycles. The summed E-state index contributed by atoms with van der Waals surface area (Å²) in [5, 5.41) is 0. The summed E-state index contributed by atoms with van der Waals surface area (Å²) in [5.41, 5.74) is 0. The van der Waals surface area contributed by atoms with Gasteiger partial charge in [-0.1, -0.05) is 13.3 Å². The van der Waals surface area contributed by atoms with Crippen molar-refractivity contribution in [2.45, 2.75) is 64.7 Å². The van der Waals surface area contributed by atoms with Gasteiger partial charge in [-0.05, 0) is 32.7 Å². The molecule has 20 heavy (non-hydrogen) atoms. The topological polar surface area (TPSA) is 24.3 Å². The Labute approximate surface area is 122 Å². The summed E-state index contributed by atoms with van der Waals surface area (Å²) in [6.45, 7) is 10.5. The minimum Gasteiger partial charge on any atom is -0.334 e. The lowest BCUT2D eigenvalue weighted by Crippen LogP contribution is -2.61. The third-order valence-electron chi connectivity index (χ3n) is 4.89. The summed E-state index contributed by atoms with van der Waals surface area (Å²) >= 11 is 0. The first kappa shape index (κ1) is 14.1. The molecule has 2 fully saturated rings. The van der Waals surface area contributed by atoms with Crippen molar-refractivity contribution in [2.24, 2.45) is 0 Å². The number of hydrogen-bond acceptors (Lipinski definition) is 3. The van der Waals surface area contributed by atoms with Crippen LogP contribution < -0.4 is 0 Å². The van der Waals surface area contributed by atoms with E-state index < -0.39 is 0 Å². The highest BCUT2D eigenvalue weighted by Gasteiger charge is 2.35. The van der Waals surface area contributed by atoms with E-state index in [0.717, 1.165) is 25.2 Å². The van der Waals surface area contributed by atoms with E-state index in [9.17, 15) is 0 Å². The lowest BCUT2D eigenvalue weighted by molar-refractivity contribution is -0.00777. The summed E-state index contributed by atoms with van der Waals surface area (Å²) in [7, 11) is 0. The summed E-state index contributed by atoms with van der Waals surface area (Å²) in [5.74, 6) is 1.23. The fourth-order valence-corrected chi connectivity index (χ4v) is 3.68. The number of aromatic nitrogens is 2. The van der Waals surface area contributed by atoms with E-state index in [1.165, 1.54) is 51.1 Å². The van der Waals surface area contributed by atoms with Crippen LogP contribution in [0.2, 0.25) is 0 Å². The van der Waals surface area contributed by atoms with Crippen molar-refractivity contribution in [3.63, 3.8) is 0 Å². The predicted octanol–water partition coefficient (Wildman–Crippen LogP) is 2.35. The van der Waals surface area contributed by atoms with E-state index in [2.05, 4.69) is 39.4 Å². The molecular weight excluding hydrogens is 248 g/mol. The number of likely N-dealkylation sites (tertiary alicyclic amines) is 2. The maximum Gasteiger partial charge on any atom is 0.122 e. The largest absolute Gasteiger partial charge is 0.334 e. The Balaban J connectivity index is 1.49. The highest BCUT2D eigenvalue weighted by molar-refractivity contribution is 4.97. The molecule has 4 heteroatoms. The van der Waals surface area contributed by atoms with Gasteiger partial charge in [-0.2, -0.15) is 0 Å². The van der Waals surface area contributed by atoms with E-state index in [1.54, 1.807) is 0 Å². The van der Waals surface area contributed by atoms with Gasteiger partial charge in [-0.3, -0.25) is 9.80 Å². The van der Waals surface area contributed by atoms with E-state index in [0.29, 0.717) is 0 Å². The molecule has 4 nitrogen and oxygen atoms in total. The van der Waals surface area contributed by atoms with Crippen LogP contribution >= 0.6 is 0 Å². The number of rotatable bonds is 5. The van der Waals surface area contributed by atoms with Crippen LogP contribution in [0.4, 0.5) is 0 Å². The van der Waals surface area contributed by atoms with Crippen LogP contribution in [0.15, 0.2) is 12.4 Å². The fourth-order valence-electron chi connectivity index (χ4n) is 3.68. The molecule has 2 aliphatic heterocycles. The van der Waals surface area contributed by atoms with Gasteiger partial charge in [0.25, 0.3) is 0 Å². The highest BCUT2D eigenvalue weighted by atomic mass is 15.3. The SMILES string of the molecule is CCCn1ccnc1CN1CC(N2CCCCC2C)C1. The van der Waals surface area contributed by atoms with Crippen LogP contribution in [0.5, 0.6) is 0 Å². The lowest BCUT2D eigenvalue weighted by Gasteiger charge is -2.49. The highest BCUT2D eigenvalue weighted by Crippen LogP contribution is 2.25. The van der Waals surface area contributed by atoms with E-state index >= 15 is 0 Å². The van der Waals surface area contributed by atoms with Gasteiger partial charge in [0.15, 0.2) is 0 Å². The average Bonchev–Trinajstić information content (AvgIpc) is 2.82. The Kier molecular flexibility index (Phi) is 4.41. The molecule has 0 amide bonds. The van der Waals surface area contributed by atoms with E-state index in [-0.39, 0.29) is 0 Å². The fraction of sp³-hybridized carbons (Fsp3) is 0.812. The number of aryl methyl sites for hydroxylation is 1. The third kappa shape index (κ3) is 2.91. The molecule has 2 aliphatic rings. The first-order valence-electron chi connectivity index (χ1n) is 8.26. The number of piperidine rings is 1. The van der Waals surface area contributed by atoms with Crippen LogP contribution in [0, 0.1) is 0 Å². The quantitative estimate of drug-likeness (QED) is 0.825. The Morgan fingerprint density at radius 3 is 2.90 bits per heavy atom. The third-order valence-corrected chi connectivity index (χ3v) is 4.89. The zero-order valence-electron chi connectivity index (χ0n) is 13.0. The summed E-state index contributed by atoms with van der Waals surface area (Å²) < 4.78 is 2.30. The van der Waals surface area contributed by atoms with Gasteiger partial charge < -0.3 is 4.57 Å². The summed E-state index contributed by atoms with van der Waals surface area (Å²) in [4.78, 5) is 9.79. The van der Waals surface area contributed by atoms with Crippen molar-refractivity contribution in [1.29, 1.82) is 0 Å². The summed E-state index contributed by atoms with van der Waals surface area (Å²) in [6.07, 6.45) is 9.43. The maximum atomic E-state index is 4.52. The van der Waals surface area contributed by atoms with Crippen molar-refractivity contribution in [2.75, 3.05) is 19.6 Å². The second kappa shape index (κ2) is 6.27. The normalized spacial score (nSPS) is 25.8. The molecular formula is C16H28N4. The van der Waals surface area contributed by atoms with Gasteiger partial charge in [-0.25, -0.2) is 4.98 Å². The molecule has 1 aromatic heterocycles. The Morgan fingerprint density at radius 1 is 1.30 bits per heavy atom. The van der Waals surface area contributed by atoms with Gasteiger partial charge in [0.05, 0.1) is 6.54 Å². The van der Waals surface area contributed by atoms with Crippen molar-refractivity contribution < 1.29 is 0 Å². The van der Waals surface area contributed by atoms with Crippen molar-refractivity contribution in [1.82, 2.24) is 19.4 Å². The van der Waals surface area contributed by atoms with E-state index in [1.807, 2.05) is 6.20 Å². The van der Waals surface area contributed by atoms with Crippen molar-refractivity contribution in [3.8, 4) is 0 Å². The van der Waals surface area contributed by atoms with Crippen LogP contribution in [0.1, 0.15) is 45.4 Å². The zero-order valence-corrected chi connectivity index (χ0v) is 13.0. The minimum atomic E-state index is 0.790. The minimum absolute atomic E-state index is 0.790. The molecule has 1 aromatic rings. The van der Waals surface area contributed by atoms with E-state index in [4.69, 9.17) is 0 Å². The number of nitrogens with zero attached hydrogens (tertiary/aromatic N) is 4. The molecule has 0 aromatic carbocycles. The van der Waals surface area contributed by atoms with Gasteiger partial charge in [0.2, 0.25) is 0 Å². The molecule has 2 saturated heterocycles. The summed E-state index contributed by atoms with van der Waals surface area (Å²) in [6, 6.07) is 1.58. The molecule has 0 spiro atoms. The predicted molar refractivity (Wildman–Crippen MR) is 81.6 cm³/mol. The Morgan fingerprint density at radius 2 is 2.15 bits per heavy atom. The smallest absolute Gasteiger partial charge is 0.122 e. The molecule has 0 radical (unpaired) electrons. The molecule has 3 heterocycles. The molecule has 1 atom stereocenters. The second-order valence-electron chi connectivity index (χ2n) is 6.47. The average molecular weight is 276 g/mol. The van der Waals surface area contributed by atoms with Crippen molar-refractivity contribution >= 4 is 0 Å². The zero-order chi connectivity index (χ0) is 13.9. The standard InChI is InChI=1S/C16H28N4/c1-3-8-19-10-7-17-16(19)13-18-11-15(12-18)20-9-5-4-6-14(20)2/h7,10,14-15H,3-6,8-9,11-13H2,1-2H3. The second-order valence-corrected chi connectivity index (χ2v) is 6.47. The number of hydrogen-bond donors (Lipinski definition) is 0. The molecule has 0 N–H and O–H groups in total. The van der Waals surface area contributed by atoms with Gasteiger partial charge in [-0.15, -0.1) is 0 Å². The Bertz CT molecular complexity index is 422. The molecule has 112 valence electrons. The van der Waals surface area contributed by atoms with Gasteiger partial charge in [0, 0.05) is 44.1 Å². The van der Waals surface area contributed by atoms with Crippen LogP contribution in [0.25, 0.3) is 0 Å². The van der Waals surface area contributed by atoms with Crippen LogP contribution in [-0.2, 0) is 13.1 Å². The maximum absolute atomic E-state index is 4.52. The first-order valence-corrected chi connectivity index (χ1v) is 8.26. The Hall–Kier alpha value is -0.870. The van der Waals surface area contributed by atoms with Gasteiger partial charge >= 0.3 is 0 Å². The van der Waals surface area contributed by atoms with Crippen LogP contribution in [-0.4, -0.2) is 51.1 Å². The molecule has 1 unspecified atom stereocenters. The molecule has 0 bridgehead atoms. The van der Waals surface area contributed by atoms with Gasteiger partial charge in [0.1, 0.15) is 5.82 Å². The number of imidazole rings is 1. The molecule has 3 rings (SSSR count). The van der Waals surface area contributed by atoms with Crippen molar-refractivity contribution in [3.05, 3.63) is 18.2 Å². The monoisotopic (exact) mass is 276 g/mol.